The van der Waals surface area contributed by atoms with Crippen molar-refractivity contribution in [3.05, 3.63) is 0 Å². The molecule has 0 aromatic carbocycles. The monoisotopic (exact) mass is 214 g/mol. The molecule has 0 radical (unpaired) electrons. The van der Waals surface area contributed by atoms with E-state index in [4.69, 9.17) is 5.11 Å². The Balaban J connectivity index is 2.11. The van der Waals surface area contributed by atoms with Gasteiger partial charge in [0.25, 0.3) is 0 Å². The first-order chi connectivity index (χ1) is 7.09. The van der Waals surface area contributed by atoms with Crippen LogP contribution in [0.4, 0.5) is 4.79 Å². The lowest BCUT2D eigenvalue weighted by atomic mass is 9.85. The third-order valence-corrected chi connectivity index (χ3v) is 2.72. The Morgan fingerprint density at radius 1 is 1.47 bits per heavy atom. The standard InChI is InChI=1S/C10H18N2O3/c1-12(7-8-3-2-4-8)10(15)11-6-5-9(13)14/h8H,2-7H2,1H3,(H,11,15)(H,13,14). The third-order valence-electron chi connectivity index (χ3n) is 2.72. The number of aliphatic carboxylic acids is 1. The van der Waals surface area contributed by atoms with Crippen LogP contribution < -0.4 is 5.32 Å². The lowest BCUT2D eigenvalue weighted by Crippen LogP contribution is -2.41. The lowest BCUT2D eigenvalue weighted by molar-refractivity contribution is -0.136. The Hall–Kier alpha value is -1.26. The SMILES string of the molecule is CN(CC1CCC1)C(=O)NCCC(=O)O. The summed E-state index contributed by atoms with van der Waals surface area (Å²) >= 11 is 0. The number of amides is 2. The quantitative estimate of drug-likeness (QED) is 0.714. The van der Waals surface area contributed by atoms with Crippen molar-refractivity contribution in [2.24, 2.45) is 5.92 Å². The number of carboxylic acids is 1. The van der Waals surface area contributed by atoms with Crippen LogP contribution in [0.2, 0.25) is 0 Å². The predicted octanol–water partition coefficient (Wildman–Crippen LogP) is 0.903. The summed E-state index contributed by atoms with van der Waals surface area (Å²) in [7, 11) is 1.74. The molecule has 15 heavy (non-hydrogen) atoms. The van der Waals surface area contributed by atoms with Gasteiger partial charge in [-0.05, 0) is 18.8 Å². The van der Waals surface area contributed by atoms with E-state index in [9.17, 15) is 9.59 Å². The van der Waals surface area contributed by atoms with E-state index in [2.05, 4.69) is 5.32 Å². The van der Waals surface area contributed by atoms with Gasteiger partial charge >= 0.3 is 12.0 Å². The van der Waals surface area contributed by atoms with Crippen molar-refractivity contribution in [1.29, 1.82) is 0 Å². The molecule has 1 saturated carbocycles. The van der Waals surface area contributed by atoms with Crippen molar-refractivity contribution in [2.45, 2.75) is 25.7 Å². The Morgan fingerprint density at radius 3 is 2.60 bits per heavy atom. The summed E-state index contributed by atoms with van der Waals surface area (Å²) in [6, 6.07) is -0.178. The normalized spacial score (nSPS) is 15.5. The zero-order valence-corrected chi connectivity index (χ0v) is 9.03. The van der Waals surface area contributed by atoms with Crippen LogP contribution in [0.5, 0.6) is 0 Å². The van der Waals surface area contributed by atoms with E-state index < -0.39 is 5.97 Å². The molecule has 2 amide bonds. The van der Waals surface area contributed by atoms with Crippen LogP contribution in [-0.4, -0.2) is 42.1 Å². The van der Waals surface area contributed by atoms with Gasteiger partial charge in [-0.15, -0.1) is 0 Å². The molecule has 0 unspecified atom stereocenters. The lowest BCUT2D eigenvalue weighted by Gasteiger charge is -2.30. The Kier molecular flexibility index (Phi) is 4.39. The molecule has 86 valence electrons. The summed E-state index contributed by atoms with van der Waals surface area (Å²) in [4.78, 5) is 23.3. The maximum absolute atomic E-state index is 11.4. The van der Waals surface area contributed by atoms with Crippen LogP contribution in [0.25, 0.3) is 0 Å². The molecule has 5 heteroatoms. The number of nitrogens with one attached hydrogen (secondary N) is 1. The van der Waals surface area contributed by atoms with Gasteiger partial charge < -0.3 is 15.3 Å². The van der Waals surface area contributed by atoms with E-state index in [0.717, 1.165) is 6.54 Å². The van der Waals surface area contributed by atoms with Crippen molar-refractivity contribution in [3.8, 4) is 0 Å². The number of hydrogen-bond donors (Lipinski definition) is 2. The molecule has 5 nitrogen and oxygen atoms in total. The van der Waals surface area contributed by atoms with Crippen LogP contribution >= 0.6 is 0 Å². The summed E-state index contributed by atoms with van der Waals surface area (Å²) in [5.74, 6) is -0.253. The van der Waals surface area contributed by atoms with Gasteiger partial charge in [0.1, 0.15) is 0 Å². The van der Waals surface area contributed by atoms with Crippen LogP contribution in [0.1, 0.15) is 25.7 Å². The topological polar surface area (TPSA) is 69.6 Å². The number of carboxylic acid groups (broad SMARTS) is 1. The minimum absolute atomic E-state index is 0.0248. The Morgan fingerprint density at radius 2 is 2.13 bits per heavy atom. The number of hydrogen-bond acceptors (Lipinski definition) is 2. The maximum atomic E-state index is 11.4. The fourth-order valence-corrected chi connectivity index (χ4v) is 1.56. The second-order valence-electron chi connectivity index (χ2n) is 4.05. The van der Waals surface area contributed by atoms with Gasteiger partial charge in [0.15, 0.2) is 0 Å². The van der Waals surface area contributed by atoms with Gasteiger partial charge in [-0.25, -0.2) is 4.79 Å². The maximum Gasteiger partial charge on any atom is 0.317 e. The second-order valence-corrected chi connectivity index (χ2v) is 4.05. The Labute approximate surface area is 89.4 Å². The number of rotatable bonds is 5. The molecule has 0 aliphatic heterocycles. The van der Waals surface area contributed by atoms with Gasteiger partial charge in [-0.1, -0.05) is 6.42 Å². The highest BCUT2D eigenvalue weighted by atomic mass is 16.4. The highest BCUT2D eigenvalue weighted by Gasteiger charge is 2.21. The Bertz CT molecular complexity index is 239. The minimum atomic E-state index is -0.892. The minimum Gasteiger partial charge on any atom is -0.481 e. The van der Waals surface area contributed by atoms with Crippen molar-refractivity contribution in [2.75, 3.05) is 20.1 Å². The molecule has 2 N–H and O–H groups in total. The van der Waals surface area contributed by atoms with Gasteiger partial charge in [-0.3, -0.25) is 4.79 Å². The fourth-order valence-electron chi connectivity index (χ4n) is 1.56. The number of carbonyl (C=O) groups is 2. The molecule has 0 atom stereocenters. The summed E-state index contributed by atoms with van der Waals surface area (Å²) < 4.78 is 0. The average molecular weight is 214 g/mol. The van der Waals surface area contributed by atoms with E-state index in [1.54, 1.807) is 11.9 Å². The molecule has 0 aromatic rings. The van der Waals surface area contributed by atoms with Crippen molar-refractivity contribution >= 4 is 12.0 Å². The average Bonchev–Trinajstić information content (AvgIpc) is 2.10. The summed E-state index contributed by atoms with van der Waals surface area (Å²) in [6.45, 7) is 0.974. The zero-order valence-electron chi connectivity index (χ0n) is 9.03. The molecule has 0 aromatic heterocycles. The second kappa shape index (κ2) is 5.58. The molecule has 0 heterocycles. The number of nitrogens with zero attached hydrogens (tertiary/aromatic N) is 1. The van der Waals surface area contributed by atoms with Crippen LogP contribution in [0.3, 0.4) is 0 Å². The molecule has 0 spiro atoms. The molecule has 1 fully saturated rings. The smallest absolute Gasteiger partial charge is 0.317 e. The molecule has 1 aliphatic rings. The molecular weight excluding hydrogens is 196 g/mol. The van der Waals surface area contributed by atoms with E-state index in [0.29, 0.717) is 5.92 Å². The first kappa shape index (κ1) is 11.8. The van der Waals surface area contributed by atoms with Crippen molar-refractivity contribution < 1.29 is 14.7 Å². The first-order valence-corrected chi connectivity index (χ1v) is 5.30. The number of urea groups is 1. The number of carbonyl (C=O) groups excluding carboxylic acids is 1. The largest absolute Gasteiger partial charge is 0.481 e. The van der Waals surface area contributed by atoms with E-state index in [-0.39, 0.29) is 19.0 Å². The third kappa shape index (κ3) is 4.18. The fraction of sp³-hybridized carbons (Fsp3) is 0.800. The summed E-state index contributed by atoms with van der Waals surface area (Å²) in [6.07, 6.45) is 3.64. The molecule has 1 rings (SSSR count). The van der Waals surface area contributed by atoms with E-state index in [1.165, 1.54) is 19.3 Å². The molecular formula is C10H18N2O3. The van der Waals surface area contributed by atoms with Gasteiger partial charge in [-0.2, -0.15) is 0 Å². The molecule has 0 bridgehead atoms. The summed E-state index contributed by atoms with van der Waals surface area (Å²) in [5.41, 5.74) is 0. The van der Waals surface area contributed by atoms with Gasteiger partial charge in [0.2, 0.25) is 0 Å². The summed E-state index contributed by atoms with van der Waals surface area (Å²) in [5, 5.41) is 11.0. The van der Waals surface area contributed by atoms with Crippen LogP contribution in [0.15, 0.2) is 0 Å². The first-order valence-electron chi connectivity index (χ1n) is 5.30. The zero-order chi connectivity index (χ0) is 11.3. The predicted molar refractivity (Wildman–Crippen MR) is 55.6 cm³/mol. The van der Waals surface area contributed by atoms with Gasteiger partial charge in [0.05, 0.1) is 6.42 Å². The highest BCUT2D eigenvalue weighted by molar-refractivity contribution is 5.74. The van der Waals surface area contributed by atoms with Crippen LogP contribution in [0, 0.1) is 5.92 Å². The molecule has 0 saturated heterocycles. The van der Waals surface area contributed by atoms with E-state index >= 15 is 0 Å². The van der Waals surface area contributed by atoms with E-state index in [1.807, 2.05) is 0 Å². The highest BCUT2D eigenvalue weighted by Crippen LogP contribution is 2.26. The van der Waals surface area contributed by atoms with Crippen molar-refractivity contribution in [3.63, 3.8) is 0 Å². The molecule has 1 aliphatic carbocycles. The van der Waals surface area contributed by atoms with Crippen molar-refractivity contribution in [1.82, 2.24) is 10.2 Å². The van der Waals surface area contributed by atoms with Crippen LogP contribution in [-0.2, 0) is 4.79 Å². The van der Waals surface area contributed by atoms with Gasteiger partial charge in [0, 0.05) is 20.1 Å².